The molecule has 0 saturated carbocycles. The predicted molar refractivity (Wildman–Crippen MR) is 102 cm³/mol. The number of nitrogens with one attached hydrogen (secondary N) is 1. The molecular formula is C15H10F2N10O6. The van der Waals surface area contributed by atoms with Crippen molar-refractivity contribution < 1.29 is 18.6 Å². The summed E-state index contributed by atoms with van der Waals surface area (Å²) >= 11 is 0. The van der Waals surface area contributed by atoms with Crippen molar-refractivity contribution in [3.05, 3.63) is 89.2 Å². The van der Waals surface area contributed by atoms with E-state index >= 15 is 0 Å². The van der Waals surface area contributed by atoms with Crippen LogP contribution in [0.1, 0.15) is 0 Å². The molecule has 0 saturated heterocycles. The monoisotopic (exact) mass is 464 g/mol. The molecule has 33 heavy (non-hydrogen) atoms. The number of hydrogen-bond acceptors (Lipinski definition) is 10. The number of nitro benzene ring substituents is 2. The molecule has 0 aliphatic carbocycles. The summed E-state index contributed by atoms with van der Waals surface area (Å²) in [7, 11) is 1.38. The van der Waals surface area contributed by atoms with E-state index in [1.54, 1.807) is 0 Å². The van der Waals surface area contributed by atoms with Gasteiger partial charge in [-0.1, -0.05) is 0 Å². The Morgan fingerprint density at radius 2 is 1.36 bits per heavy atom. The lowest BCUT2D eigenvalue weighted by atomic mass is 10.2. The van der Waals surface area contributed by atoms with Gasteiger partial charge in [0.25, 0.3) is 0 Å². The summed E-state index contributed by atoms with van der Waals surface area (Å²) in [6.07, 6.45) is 0. The summed E-state index contributed by atoms with van der Waals surface area (Å²) in [4.78, 5) is 41.8. The normalized spacial score (nSPS) is 10.4. The minimum atomic E-state index is -0.981. The molecule has 0 unspecified atom stereocenters. The molecule has 16 nitrogen and oxygen atoms in total. The summed E-state index contributed by atoms with van der Waals surface area (Å²) in [6, 6.07) is 6.00. The molecule has 0 aliphatic rings. The number of nitrogens with zero attached hydrogens (tertiary/aromatic N) is 9. The zero-order valence-electron chi connectivity index (χ0n) is 16.2. The molecule has 0 spiro atoms. The molecule has 2 heterocycles. The van der Waals surface area contributed by atoms with Crippen LogP contribution in [0.3, 0.4) is 0 Å². The molecule has 2 aromatic heterocycles. The Hall–Kier alpha value is -5.16. The van der Waals surface area contributed by atoms with E-state index in [4.69, 9.17) is 0 Å². The first-order chi connectivity index (χ1) is 15.6. The Morgan fingerprint density at radius 1 is 0.848 bits per heavy atom. The average Bonchev–Trinajstić information content (AvgIpc) is 3.34. The molecule has 2 aromatic carbocycles. The average molecular weight is 464 g/mol. The van der Waals surface area contributed by atoms with Crippen molar-refractivity contribution >= 4 is 11.4 Å². The largest absolute Gasteiger partial charge is 0.368 e. The number of aromatic amines is 1. The molecule has 170 valence electrons. The van der Waals surface area contributed by atoms with Gasteiger partial charge in [0.1, 0.15) is 0 Å². The van der Waals surface area contributed by atoms with Gasteiger partial charge >= 0.3 is 22.8 Å². The van der Waals surface area contributed by atoms with E-state index < -0.39 is 44.2 Å². The first kappa shape index (κ1) is 22.5. The van der Waals surface area contributed by atoms with E-state index in [2.05, 4.69) is 20.9 Å². The Balaban J connectivity index is 0.000000186. The highest BCUT2D eigenvalue weighted by molar-refractivity contribution is 5.44. The van der Waals surface area contributed by atoms with E-state index in [1.807, 2.05) is 5.10 Å². The van der Waals surface area contributed by atoms with Crippen molar-refractivity contribution in [1.29, 1.82) is 0 Å². The number of halogens is 2. The zero-order valence-corrected chi connectivity index (χ0v) is 16.2. The van der Waals surface area contributed by atoms with Crippen molar-refractivity contribution in [2.75, 3.05) is 0 Å². The van der Waals surface area contributed by atoms with Gasteiger partial charge in [-0.15, -0.1) is 0 Å². The first-order valence-corrected chi connectivity index (χ1v) is 8.48. The standard InChI is InChI=1S/C8H6FN5O3.C7H4FN5O3/c1-12-8(15)13(11-10-12)5-2-3-6(9)7(4-5)14(16)17;8-5-2-1-4(3-6(5)13(15)16)12-7(14)9-10-11-12/h2-4H,1H3;1-3H,(H,9,11,14). The summed E-state index contributed by atoms with van der Waals surface area (Å²) in [5.41, 5.74) is -2.55. The molecule has 4 aromatic rings. The molecular weight excluding hydrogens is 454 g/mol. The highest BCUT2D eigenvalue weighted by atomic mass is 19.1. The maximum absolute atomic E-state index is 13.1. The van der Waals surface area contributed by atoms with Crippen LogP contribution in [0.2, 0.25) is 0 Å². The predicted octanol–water partition coefficient (Wildman–Crippen LogP) is 0.0162. The Kier molecular flexibility index (Phi) is 6.08. The first-order valence-electron chi connectivity index (χ1n) is 8.48. The van der Waals surface area contributed by atoms with Crippen molar-refractivity contribution in [2.45, 2.75) is 0 Å². The lowest BCUT2D eigenvalue weighted by Crippen LogP contribution is -2.22. The van der Waals surface area contributed by atoms with Gasteiger partial charge in [0.2, 0.25) is 11.6 Å². The van der Waals surface area contributed by atoms with Crippen LogP contribution in [-0.2, 0) is 7.05 Å². The molecule has 0 fully saturated rings. The summed E-state index contributed by atoms with van der Waals surface area (Å²) in [5, 5.41) is 36.5. The second-order valence-electron chi connectivity index (χ2n) is 6.00. The molecule has 4 rings (SSSR count). The third-order valence-corrected chi connectivity index (χ3v) is 3.94. The minimum Gasteiger partial charge on any atom is -0.258 e. The van der Waals surface area contributed by atoms with Gasteiger partial charge in [-0.05, 0) is 45.1 Å². The Bertz CT molecular complexity index is 1470. The maximum Gasteiger partial charge on any atom is 0.368 e. The highest BCUT2D eigenvalue weighted by Gasteiger charge is 2.17. The topological polar surface area (TPSA) is 203 Å². The van der Waals surface area contributed by atoms with Gasteiger partial charge in [-0.25, -0.2) is 14.7 Å². The number of aromatic nitrogens is 8. The van der Waals surface area contributed by atoms with Gasteiger partial charge in [0.05, 0.1) is 21.2 Å². The van der Waals surface area contributed by atoms with E-state index in [-0.39, 0.29) is 11.4 Å². The SMILES string of the molecule is Cn1nnn(-c2ccc(F)c([N+](=O)[O-])c2)c1=O.O=c1[nH]nnn1-c1ccc(F)c([N+](=O)[O-])c1. The van der Waals surface area contributed by atoms with Crippen LogP contribution in [0, 0.1) is 31.9 Å². The second kappa shape index (κ2) is 8.91. The van der Waals surface area contributed by atoms with Crippen LogP contribution < -0.4 is 11.4 Å². The third-order valence-electron chi connectivity index (χ3n) is 3.94. The van der Waals surface area contributed by atoms with Gasteiger partial charge in [0, 0.05) is 19.2 Å². The van der Waals surface area contributed by atoms with Gasteiger partial charge < -0.3 is 0 Å². The van der Waals surface area contributed by atoms with Gasteiger partial charge in [-0.3, -0.25) is 20.2 Å². The number of hydrogen-bond donors (Lipinski definition) is 1. The molecule has 18 heteroatoms. The summed E-state index contributed by atoms with van der Waals surface area (Å²) < 4.78 is 28.6. The van der Waals surface area contributed by atoms with Crippen LogP contribution in [-0.4, -0.2) is 49.8 Å². The maximum atomic E-state index is 13.1. The fourth-order valence-corrected chi connectivity index (χ4v) is 2.39. The number of aryl methyl sites for hydroxylation is 1. The van der Waals surface area contributed by atoms with Crippen LogP contribution >= 0.6 is 0 Å². The van der Waals surface area contributed by atoms with E-state index in [0.29, 0.717) is 0 Å². The molecule has 0 amide bonds. The Morgan fingerprint density at radius 3 is 1.76 bits per heavy atom. The smallest absolute Gasteiger partial charge is 0.258 e. The Labute approximate surface area is 178 Å². The van der Waals surface area contributed by atoms with Crippen LogP contribution in [0.5, 0.6) is 0 Å². The lowest BCUT2D eigenvalue weighted by molar-refractivity contribution is -0.387. The molecule has 0 aliphatic heterocycles. The lowest BCUT2D eigenvalue weighted by Gasteiger charge is -1.98. The van der Waals surface area contributed by atoms with Gasteiger partial charge in [0.15, 0.2) is 0 Å². The number of nitro groups is 2. The van der Waals surface area contributed by atoms with Crippen molar-refractivity contribution in [3.8, 4) is 11.4 Å². The van der Waals surface area contributed by atoms with E-state index in [0.717, 1.165) is 38.3 Å². The summed E-state index contributed by atoms with van der Waals surface area (Å²) in [6.45, 7) is 0. The van der Waals surface area contributed by atoms with Crippen LogP contribution in [0.4, 0.5) is 20.2 Å². The molecule has 0 bridgehead atoms. The quantitative estimate of drug-likeness (QED) is 0.317. The van der Waals surface area contributed by atoms with E-state index in [9.17, 15) is 38.6 Å². The number of benzene rings is 2. The van der Waals surface area contributed by atoms with Crippen molar-refractivity contribution in [2.24, 2.45) is 7.05 Å². The second-order valence-corrected chi connectivity index (χ2v) is 6.00. The van der Waals surface area contributed by atoms with Gasteiger partial charge in [-0.2, -0.15) is 22.8 Å². The third kappa shape index (κ3) is 4.62. The molecule has 0 atom stereocenters. The van der Waals surface area contributed by atoms with Crippen molar-refractivity contribution in [3.63, 3.8) is 0 Å². The fourth-order valence-electron chi connectivity index (χ4n) is 2.39. The number of tetrazole rings is 2. The van der Waals surface area contributed by atoms with E-state index in [1.165, 1.54) is 19.2 Å². The summed E-state index contributed by atoms with van der Waals surface area (Å²) in [5.74, 6) is -1.96. The minimum absolute atomic E-state index is 0.0619. The zero-order chi connectivity index (χ0) is 24.3. The number of rotatable bonds is 4. The molecule has 0 radical (unpaired) electrons. The highest BCUT2D eigenvalue weighted by Crippen LogP contribution is 2.20. The number of H-pyrrole nitrogens is 1. The molecule has 1 N–H and O–H groups in total. The van der Waals surface area contributed by atoms with Crippen LogP contribution in [0.25, 0.3) is 11.4 Å². The van der Waals surface area contributed by atoms with Crippen molar-refractivity contribution in [1.82, 2.24) is 40.0 Å². The fraction of sp³-hybridized carbons (Fsp3) is 0.0667. The van der Waals surface area contributed by atoms with Crippen LogP contribution in [0.15, 0.2) is 46.0 Å².